The third-order valence-electron chi connectivity index (χ3n) is 0.878. The van der Waals surface area contributed by atoms with E-state index in [-0.39, 0.29) is 0 Å². The monoisotopic (exact) mass is 173 g/mol. The molecule has 0 saturated heterocycles. The normalized spacial score (nSPS) is 11.8. The molecule has 7 heteroatoms. The number of thioether (sulfide) groups is 1. The van der Waals surface area contributed by atoms with Gasteiger partial charge in [-0.3, -0.25) is 0 Å². The van der Waals surface area contributed by atoms with Crippen LogP contribution in [0.25, 0.3) is 0 Å². The Morgan fingerprint density at radius 2 is 2.64 bits per heavy atom. The van der Waals surface area contributed by atoms with Crippen LogP contribution in [0.1, 0.15) is 5.89 Å². The molecule has 0 atom stereocenters. The van der Waals surface area contributed by atoms with Gasteiger partial charge < -0.3 is 16.1 Å². The molecule has 0 radical (unpaired) electrons. The lowest BCUT2D eigenvalue weighted by atomic mass is 10.8. The second kappa shape index (κ2) is 3.81. The molecule has 0 bridgehead atoms. The van der Waals surface area contributed by atoms with Gasteiger partial charge in [-0.1, -0.05) is 16.9 Å². The minimum atomic E-state index is 0.295. The van der Waals surface area contributed by atoms with Crippen molar-refractivity contribution >= 4 is 16.9 Å². The van der Waals surface area contributed by atoms with E-state index in [4.69, 9.17) is 16.1 Å². The van der Waals surface area contributed by atoms with Gasteiger partial charge in [0.25, 0.3) is 0 Å². The lowest BCUT2D eigenvalue weighted by molar-refractivity contribution is 0.390. The molecule has 11 heavy (non-hydrogen) atoms. The van der Waals surface area contributed by atoms with Crippen LogP contribution >= 0.6 is 11.8 Å². The van der Waals surface area contributed by atoms with E-state index >= 15 is 0 Å². The molecular formula is C4H7N5OS. The average Bonchev–Trinajstić information content (AvgIpc) is 2.52. The van der Waals surface area contributed by atoms with Gasteiger partial charge in [0.1, 0.15) is 0 Å². The van der Waals surface area contributed by atoms with Crippen molar-refractivity contribution < 1.29 is 4.52 Å². The van der Waals surface area contributed by atoms with Gasteiger partial charge in [-0.2, -0.15) is 10.1 Å². The van der Waals surface area contributed by atoms with Crippen molar-refractivity contribution in [1.29, 1.82) is 0 Å². The predicted molar refractivity (Wildman–Crippen MR) is 41.4 cm³/mol. The Kier molecular flexibility index (Phi) is 2.73. The van der Waals surface area contributed by atoms with Gasteiger partial charge in [-0.05, 0) is 0 Å². The highest BCUT2D eigenvalue weighted by Crippen LogP contribution is 2.07. The van der Waals surface area contributed by atoms with Crippen LogP contribution in [0.15, 0.2) is 16.0 Å². The zero-order valence-electron chi connectivity index (χ0n) is 5.60. The first-order chi connectivity index (χ1) is 5.33. The molecule has 0 aromatic carbocycles. The van der Waals surface area contributed by atoms with E-state index in [9.17, 15) is 0 Å². The summed E-state index contributed by atoms with van der Waals surface area (Å²) in [5.74, 6) is 5.88. The van der Waals surface area contributed by atoms with Gasteiger partial charge in [0.05, 0.1) is 5.75 Å². The molecule has 4 N–H and O–H groups in total. The Labute approximate surface area is 67.0 Å². The number of rotatable bonds is 2. The maximum Gasteiger partial charge on any atom is 0.236 e. The Hall–Kier alpha value is -1.24. The van der Waals surface area contributed by atoms with Crippen molar-refractivity contribution in [2.45, 2.75) is 5.75 Å². The zero-order valence-corrected chi connectivity index (χ0v) is 6.41. The molecule has 6 nitrogen and oxygen atoms in total. The fraction of sp³-hybridized carbons (Fsp3) is 0.250. The number of aromatic nitrogens is 2. The van der Waals surface area contributed by atoms with Crippen molar-refractivity contribution in [3.05, 3.63) is 12.2 Å². The molecule has 0 unspecified atom stereocenters. The molecule has 60 valence electrons. The molecule has 0 amide bonds. The lowest BCUT2D eigenvalue weighted by Gasteiger charge is -1.92. The molecular weight excluding hydrogens is 166 g/mol. The summed E-state index contributed by atoms with van der Waals surface area (Å²) in [4.78, 5) is 3.77. The summed E-state index contributed by atoms with van der Waals surface area (Å²) in [7, 11) is 0. The maximum absolute atomic E-state index is 5.29. The van der Waals surface area contributed by atoms with Crippen LogP contribution in [-0.4, -0.2) is 15.3 Å². The van der Waals surface area contributed by atoms with Gasteiger partial charge in [0.15, 0.2) is 11.5 Å². The molecule has 1 heterocycles. The van der Waals surface area contributed by atoms with Gasteiger partial charge in [0.2, 0.25) is 5.89 Å². The highest BCUT2D eigenvalue weighted by Gasteiger charge is 2.00. The van der Waals surface area contributed by atoms with Crippen LogP contribution in [0.4, 0.5) is 0 Å². The summed E-state index contributed by atoms with van der Waals surface area (Å²) < 4.78 is 4.70. The Balaban J connectivity index is 2.35. The van der Waals surface area contributed by atoms with Crippen molar-refractivity contribution in [3.63, 3.8) is 0 Å². The molecule has 0 aliphatic rings. The second-order valence-electron chi connectivity index (χ2n) is 1.59. The first-order valence-corrected chi connectivity index (χ1v) is 3.73. The van der Waals surface area contributed by atoms with E-state index < -0.39 is 0 Å². The number of nitrogens with zero attached hydrogens (tertiary/aromatic N) is 3. The number of hydrogen-bond donors (Lipinski definition) is 2. The zero-order chi connectivity index (χ0) is 8.10. The number of nitrogens with two attached hydrogens (primary N) is 2. The van der Waals surface area contributed by atoms with Crippen molar-refractivity contribution in [2.75, 3.05) is 0 Å². The SMILES string of the molecule is NN=C(N)SCc1ncno1. The molecule has 0 fully saturated rings. The van der Waals surface area contributed by atoms with E-state index in [0.29, 0.717) is 16.8 Å². The van der Waals surface area contributed by atoms with Crippen LogP contribution in [0.3, 0.4) is 0 Å². The number of hydrazone groups is 1. The standard InChI is InChI=1S/C4H7N5OS/c5-4(9-6)11-1-3-7-2-8-10-3/h2H,1,6H2,(H2,5,9). The van der Waals surface area contributed by atoms with Crippen LogP contribution in [0.2, 0.25) is 0 Å². The van der Waals surface area contributed by atoms with E-state index in [2.05, 4.69) is 15.2 Å². The molecule has 1 rings (SSSR count). The van der Waals surface area contributed by atoms with Crippen molar-refractivity contribution in [3.8, 4) is 0 Å². The topological polar surface area (TPSA) is 103 Å². The summed E-state index contributed by atoms with van der Waals surface area (Å²) >= 11 is 1.24. The quantitative estimate of drug-likeness (QED) is 0.270. The van der Waals surface area contributed by atoms with Crippen LogP contribution in [0, 0.1) is 0 Å². The largest absolute Gasteiger partial charge is 0.377 e. The summed E-state index contributed by atoms with van der Waals surface area (Å²) in [5, 5.41) is 6.96. The summed E-state index contributed by atoms with van der Waals surface area (Å²) in [6.07, 6.45) is 1.33. The maximum atomic E-state index is 5.29. The highest BCUT2D eigenvalue weighted by atomic mass is 32.2. The fourth-order valence-corrected chi connectivity index (χ4v) is 0.906. The fourth-order valence-electron chi connectivity index (χ4n) is 0.433. The van der Waals surface area contributed by atoms with Gasteiger partial charge in [0, 0.05) is 0 Å². The first-order valence-electron chi connectivity index (χ1n) is 2.74. The van der Waals surface area contributed by atoms with Crippen LogP contribution < -0.4 is 11.6 Å². The van der Waals surface area contributed by atoms with Crippen molar-refractivity contribution in [1.82, 2.24) is 10.1 Å². The molecule has 0 spiro atoms. The highest BCUT2D eigenvalue weighted by molar-refractivity contribution is 8.13. The third-order valence-corrected chi connectivity index (χ3v) is 1.67. The molecule has 0 aliphatic carbocycles. The smallest absolute Gasteiger partial charge is 0.236 e. The molecule has 0 aliphatic heterocycles. The van der Waals surface area contributed by atoms with E-state index in [1.807, 2.05) is 0 Å². The number of hydrogen-bond acceptors (Lipinski definition) is 6. The van der Waals surface area contributed by atoms with E-state index in [0.717, 1.165) is 0 Å². The number of amidine groups is 1. The van der Waals surface area contributed by atoms with E-state index in [1.54, 1.807) is 0 Å². The summed E-state index contributed by atoms with van der Waals surface area (Å²) in [5.41, 5.74) is 5.29. The molecule has 1 aromatic rings. The van der Waals surface area contributed by atoms with Gasteiger partial charge in [-0.25, -0.2) is 0 Å². The van der Waals surface area contributed by atoms with Crippen LogP contribution in [0.5, 0.6) is 0 Å². The van der Waals surface area contributed by atoms with E-state index in [1.165, 1.54) is 18.1 Å². The second-order valence-corrected chi connectivity index (χ2v) is 2.59. The Bertz CT molecular complexity index is 233. The molecule has 0 saturated carbocycles. The van der Waals surface area contributed by atoms with Crippen LogP contribution in [-0.2, 0) is 5.75 Å². The first kappa shape index (κ1) is 7.86. The lowest BCUT2D eigenvalue weighted by Crippen LogP contribution is -2.09. The minimum absolute atomic E-state index is 0.295. The van der Waals surface area contributed by atoms with Gasteiger partial charge in [-0.15, -0.1) is 0 Å². The molecule has 1 aromatic heterocycles. The Morgan fingerprint density at radius 1 is 1.82 bits per heavy atom. The Morgan fingerprint density at radius 3 is 3.18 bits per heavy atom. The summed E-state index contributed by atoms with van der Waals surface area (Å²) in [6, 6.07) is 0. The van der Waals surface area contributed by atoms with Gasteiger partial charge >= 0.3 is 0 Å². The minimum Gasteiger partial charge on any atom is -0.377 e. The summed E-state index contributed by atoms with van der Waals surface area (Å²) in [6.45, 7) is 0. The van der Waals surface area contributed by atoms with Crippen molar-refractivity contribution in [2.24, 2.45) is 16.7 Å². The average molecular weight is 173 g/mol. The predicted octanol–water partition coefficient (Wildman–Crippen LogP) is -0.509. The third kappa shape index (κ3) is 2.46.